The van der Waals surface area contributed by atoms with Crippen molar-refractivity contribution < 1.29 is 17.0 Å². The zero-order valence-electron chi connectivity index (χ0n) is 16.7. The van der Waals surface area contributed by atoms with E-state index in [1.54, 1.807) is 0 Å². The second-order valence-electron chi connectivity index (χ2n) is 7.01. The van der Waals surface area contributed by atoms with Crippen LogP contribution in [-0.2, 0) is 23.6 Å². The molecule has 27 heavy (non-hydrogen) atoms. The zero-order chi connectivity index (χ0) is 20.0. The second-order valence-corrected chi connectivity index (χ2v) is 9.59. The van der Waals surface area contributed by atoms with Crippen LogP contribution >= 0.6 is 18.6 Å². The van der Waals surface area contributed by atoms with E-state index >= 15 is 0 Å². The molecule has 4 heteroatoms. The number of anilines is 1. The number of hydrogen-bond donors (Lipinski definition) is 0. The van der Waals surface area contributed by atoms with Crippen molar-refractivity contribution in [2.24, 2.45) is 0 Å². The molecule has 0 aromatic heterocycles. The van der Waals surface area contributed by atoms with Gasteiger partial charge in [0.05, 0.1) is 0 Å². The van der Waals surface area contributed by atoms with E-state index in [-0.39, 0.29) is 0 Å². The standard InChI is InChI=1S/C23H27N.2ClH.Ti/c1-16-17(2)19(4)23(18(16)3)22-14-10-9-11-20(22)15-24(5)21-12-7-6-8-13-21;;;/h6-14,23H,15H2,1-5H3;2*1H;/q;;;+2/p-2. The molecule has 1 aliphatic rings. The van der Waals surface area contributed by atoms with Crippen LogP contribution in [0.25, 0.3) is 0 Å². The van der Waals surface area contributed by atoms with Crippen LogP contribution in [-0.4, -0.2) is 7.05 Å². The van der Waals surface area contributed by atoms with E-state index < -0.39 is 17.0 Å². The van der Waals surface area contributed by atoms with E-state index in [0.29, 0.717) is 5.92 Å². The van der Waals surface area contributed by atoms with E-state index in [9.17, 15) is 0 Å². The molecule has 0 radical (unpaired) electrons. The van der Waals surface area contributed by atoms with Crippen molar-refractivity contribution in [1.82, 2.24) is 0 Å². The molecule has 0 bridgehead atoms. The van der Waals surface area contributed by atoms with Crippen molar-refractivity contribution in [2.75, 3.05) is 11.9 Å². The molecule has 0 spiro atoms. The number of allylic oxidation sites excluding steroid dienone is 4. The summed E-state index contributed by atoms with van der Waals surface area (Å²) >= 11 is -0.556. The Balaban J connectivity index is 0.000000817. The third-order valence-corrected chi connectivity index (χ3v) is 5.58. The van der Waals surface area contributed by atoms with Crippen LogP contribution in [0.1, 0.15) is 44.7 Å². The van der Waals surface area contributed by atoms with Crippen LogP contribution in [0.5, 0.6) is 0 Å². The maximum absolute atomic E-state index is 4.89. The van der Waals surface area contributed by atoms with Gasteiger partial charge in [-0.3, -0.25) is 0 Å². The molecule has 2 aromatic rings. The van der Waals surface area contributed by atoms with Crippen LogP contribution in [0.4, 0.5) is 5.69 Å². The van der Waals surface area contributed by atoms with Crippen LogP contribution in [0.2, 0.25) is 0 Å². The minimum atomic E-state index is -0.556. The summed E-state index contributed by atoms with van der Waals surface area (Å²) < 4.78 is 0. The van der Waals surface area contributed by atoms with Gasteiger partial charge in [0.15, 0.2) is 0 Å². The summed E-state index contributed by atoms with van der Waals surface area (Å²) in [6.07, 6.45) is 0. The molecule has 0 saturated heterocycles. The normalized spacial score (nSPS) is 14.2. The summed E-state index contributed by atoms with van der Waals surface area (Å²) in [5, 5.41) is 0. The average Bonchev–Trinajstić information content (AvgIpc) is 2.87. The first kappa shape index (κ1) is 22.3. The fraction of sp³-hybridized carbons (Fsp3) is 0.304. The van der Waals surface area contributed by atoms with Crippen LogP contribution < -0.4 is 4.90 Å². The van der Waals surface area contributed by atoms with E-state index in [2.05, 4.69) is 94.2 Å². The van der Waals surface area contributed by atoms with Crippen molar-refractivity contribution in [3.63, 3.8) is 0 Å². The Kier molecular flexibility index (Phi) is 8.70. The summed E-state index contributed by atoms with van der Waals surface area (Å²) in [5.74, 6) is 0.436. The van der Waals surface area contributed by atoms with E-state index in [1.807, 2.05) is 0 Å². The Labute approximate surface area is 180 Å². The van der Waals surface area contributed by atoms with Crippen LogP contribution in [0.3, 0.4) is 0 Å². The number of rotatable bonds is 4. The molecule has 0 saturated carbocycles. The molecule has 1 nitrogen and oxygen atoms in total. The van der Waals surface area contributed by atoms with Gasteiger partial charge in [0.25, 0.3) is 0 Å². The van der Waals surface area contributed by atoms with Gasteiger partial charge in [-0.1, -0.05) is 53.6 Å². The van der Waals surface area contributed by atoms with Gasteiger partial charge in [-0.15, -0.1) is 0 Å². The Hall–Kier alpha value is -0.986. The molecule has 0 unspecified atom stereocenters. The Morgan fingerprint density at radius 3 is 1.85 bits per heavy atom. The molecule has 0 atom stereocenters. The summed E-state index contributed by atoms with van der Waals surface area (Å²) in [4.78, 5) is 2.32. The summed E-state index contributed by atoms with van der Waals surface area (Å²) in [7, 11) is 11.9. The summed E-state index contributed by atoms with van der Waals surface area (Å²) in [6.45, 7) is 10.0. The Bertz CT molecular complexity index is 803. The third-order valence-electron chi connectivity index (χ3n) is 5.58. The number of hydrogen-bond acceptors (Lipinski definition) is 1. The number of para-hydroxylation sites is 1. The molecule has 0 heterocycles. The van der Waals surface area contributed by atoms with Crippen molar-refractivity contribution >= 4 is 24.3 Å². The molecule has 2 aromatic carbocycles. The van der Waals surface area contributed by atoms with E-state index in [0.717, 1.165) is 6.54 Å². The molecular weight excluding hydrogens is 409 g/mol. The first-order chi connectivity index (χ1) is 12.9. The third kappa shape index (κ3) is 5.30. The Morgan fingerprint density at radius 1 is 0.815 bits per heavy atom. The molecular formula is C23H27Cl2NTi. The van der Waals surface area contributed by atoms with Crippen molar-refractivity contribution in [3.05, 3.63) is 88.0 Å². The predicted octanol–water partition coefficient (Wildman–Crippen LogP) is 7.47. The molecule has 0 N–H and O–H groups in total. The van der Waals surface area contributed by atoms with Crippen LogP contribution in [0.15, 0.2) is 76.9 Å². The van der Waals surface area contributed by atoms with Gasteiger partial charge >= 0.3 is 35.6 Å². The maximum atomic E-state index is 4.89. The molecule has 0 aliphatic heterocycles. The van der Waals surface area contributed by atoms with E-state index in [4.69, 9.17) is 18.6 Å². The summed E-state index contributed by atoms with van der Waals surface area (Å²) in [5.41, 5.74) is 10.0. The molecule has 142 valence electrons. The zero-order valence-corrected chi connectivity index (χ0v) is 19.8. The van der Waals surface area contributed by atoms with Gasteiger partial charge in [-0.25, -0.2) is 0 Å². The van der Waals surface area contributed by atoms with Gasteiger partial charge in [-0.05, 0) is 62.1 Å². The van der Waals surface area contributed by atoms with Gasteiger partial charge in [0.1, 0.15) is 0 Å². The quantitative estimate of drug-likeness (QED) is 0.450. The summed E-state index contributed by atoms with van der Waals surface area (Å²) in [6, 6.07) is 19.5. The van der Waals surface area contributed by atoms with Crippen molar-refractivity contribution in [3.8, 4) is 0 Å². The van der Waals surface area contributed by atoms with Crippen molar-refractivity contribution in [2.45, 2.75) is 40.2 Å². The monoisotopic (exact) mass is 435 g/mol. The Morgan fingerprint density at radius 2 is 1.30 bits per heavy atom. The van der Waals surface area contributed by atoms with E-state index in [1.165, 1.54) is 39.1 Å². The van der Waals surface area contributed by atoms with Gasteiger partial charge in [-0.2, -0.15) is 0 Å². The molecule has 0 fully saturated rings. The topological polar surface area (TPSA) is 3.24 Å². The number of benzene rings is 2. The molecule has 0 amide bonds. The van der Waals surface area contributed by atoms with Gasteiger partial charge < -0.3 is 4.90 Å². The predicted molar refractivity (Wildman–Crippen MR) is 116 cm³/mol. The van der Waals surface area contributed by atoms with Crippen LogP contribution in [0, 0.1) is 0 Å². The number of halogens is 2. The second kappa shape index (κ2) is 10.5. The van der Waals surface area contributed by atoms with Gasteiger partial charge in [0.2, 0.25) is 0 Å². The van der Waals surface area contributed by atoms with Crippen molar-refractivity contribution in [1.29, 1.82) is 0 Å². The first-order valence-corrected chi connectivity index (χ1v) is 13.4. The average molecular weight is 436 g/mol. The van der Waals surface area contributed by atoms with Gasteiger partial charge in [0, 0.05) is 25.2 Å². The molecule has 3 rings (SSSR count). The first-order valence-electron chi connectivity index (χ1n) is 9.07. The molecule has 1 aliphatic carbocycles. The fourth-order valence-electron chi connectivity index (χ4n) is 3.80. The number of nitrogens with zero attached hydrogens (tertiary/aromatic N) is 1. The minimum absolute atomic E-state index is 0.436. The fourth-order valence-corrected chi connectivity index (χ4v) is 3.80. The SMILES string of the molecule is CC1=C(C)C(c2ccccc2CN(C)c2ccccc2)C(C)=C1C.[Cl][Ti][Cl].